The Bertz CT molecular complexity index is 1160. The van der Waals surface area contributed by atoms with Crippen LogP contribution in [0.15, 0.2) is 66.7 Å². The number of nitrogens with one attached hydrogen (secondary N) is 1. The first-order valence-electron chi connectivity index (χ1n) is 11.2. The van der Waals surface area contributed by atoms with E-state index in [4.69, 9.17) is 4.74 Å². The number of thioether (sulfide) groups is 1. The molecule has 0 fully saturated rings. The number of aliphatic carboxylic acids is 1. The Labute approximate surface area is 225 Å². The number of aryl methyl sites for hydroxylation is 2. The smallest absolute Gasteiger partial charge is 1.00 e. The standard InChI is InChI=1S/C28H31NO4S.Li.H/c1-19-8-4-6-10-22(19)18-33-17-21-12-13-24(25(16-21)23-11-7-5-9-20(23)2)27(30)29-26(28(31)32)14-15-34-3;;/h4-13,16,26H,14-15,17-18H2,1-3H3,(H,29,30)(H,31,32);;/q;+1;-1. The van der Waals surface area contributed by atoms with E-state index in [1.807, 2.05) is 61.7 Å². The van der Waals surface area contributed by atoms with Gasteiger partial charge in [0.15, 0.2) is 0 Å². The number of hydrogen-bond acceptors (Lipinski definition) is 4. The second-order valence-corrected chi connectivity index (χ2v) is 9.25. The van der Waals surface area contributed by atoms with Crippen LogP contribution >= 0.6 is 11.8 Å². The maximum Gasteiger partial charge on any atom is 1.00 e. The minimum absolute atomic E-state index is 0. The number of rotatable bonds is 11. The van der Waals surface area contributed by atoms with Crippen molar-refractivity contribution in [1.82, 2.24) is 5.32 Å². The molecule has 0 heterocycles. The van der Waals surface area contributed by atoms with Crippen molar-refractivity contribution in [2.75, 3.05) is 12.0 Å². The third-order valence-electron chi connectivity index (χ3n) is 5.77. The summed E-state index contributed by atoms with van der Waals surface area (Å²) >= 11 is 1.55. The van der Waals surface area contributed by atoms with Gasteiger partial charge in [-0.25, -0.2) is 4.79 Å². The summed E-state index contributed by atoms with van der Waals surface area (Å²) in [5.41, 5.74) is 6.46. The average molecular weight is 486 g/mol. The first-order chi connectivity index (χ1) is 16.4. The van der Waals surface area contributed by atoms with Gasteiger partial charge in [0, 0.05) is 5.56 Å². The Morgan fingerprint density at radius 3 is 2.31 bits per heavy atom. The van der Waals surface area contributed by atoms with Crippen LogP contribution in [0.2, 0.25) is 0 Å². The Morgan fingerprint density at radius 1 is 0.971 bits per heavy atom. The van der Waals surface area contributed by atoms with E-state index >= 15 is 0 Å². The van der Waals surface area contributed by atoms with Gasteiger partial charge in [-0.15, -0.1) is 0 Å². The fourth-order valence-electron chi connectivity index (χ4n) is 3.76. The van der Waals surface area contributed by atoms with Crippen LogP contribution in [0.5, 0.6) is 0 Å². The molecule has 35 heavy (non-hydrogen) atoms. The third kappa shape index (κ3) is 8.01. The minimum Gasteiger partial charge on any atom is -1.00 e. The molecule has 1 amide bonds. The predicted molar refractivity (Wildman–Crippen MR) is 139 cm³/mol. The molecule has 0 aliphatic carbocycles. The van der Waals surface area contributed by atoms with Crippen LogP contribution in [-0.2, 0) is 22.7 Å². The normalized spacial score (nSPS) is 11.4. The molecule has 180 valence electrons. The molecule has 3 rings (SSSR count). The number of benzene rings is 3. The number of carboxylic acids is 1. The van der Waals surface area contributed by atoms with Crippen molar-refractivity contribution in [3.8, 4) is 11.1 Å². The molecule has 0 bridgehead atoms. The summed E-state index contributed by atoms with van der Waals surface area (Å²) in [4.78, 5) is 24.8. The molecule has 0 radical (unpaired) electrons. The van der Waals surface area contributed by atoms with Gasteiger partial charge in [0.2, 0.25) is 0 Å². The number of ether oxygens (including phenoxy) is 1. The van der Waals surface area contributed by atoms with Gasteiger partial charge in [0.25, 0.3) is 5.91 Å². The van der Waals surface area contributed by atoms with E-state index in [2.05, 4.69) is 24.4 Å². The summed E-state index contributed by atoms with van der Waals surface area (Å²) in [5, 5.41) is 12.2. The van der Waals surface area contributed by atoms with Crippen LogP contribution in [0.3, 0.4) is 0 Å². The Morgan fingerprint density at radius 2 is 1.66 bits per heavy atom. The molecule has 1 atom stereocenters. The van der Waals surface area contributed by atoms with E-state index in [0.717, 1.165) is 27.8 Å². The van der Waals surface area contributed by atoms with Gasteiger partial charge < -0.3 is 16.6 Å². The molecular weight excluding hydrogens is 453 g/mol. The number of carbonyl (C=O) groups is 2. The van der Waals surface area contributed by atoms with Gasteiger partial charge in [-0.05, 0) is 77.8 Å². The van der Waals surface area contributed by atoms with Crippen molar-refractivity contribution in [1.29, 1.82) is 0 Å². The summed E-state index contributed by atoms with van der Waals surface area (Å²) in [5.74, 6) is -0.765. The van der Waals surface area contributed by atoms with Gasteiger partial charge in [0.1, 0.15) is 6.04 Å². The maximum atomic E-state index is 13.2. The summed E-state index contributed by atoms with van der Waals surface area (Å²) < 4.78 is 5.97. The molecule has 5 nitrogen and oxygen atoms in total. The molecule has 0 saturated heterocycles. The molecule has 0 saturated carbocycles. The third-order valence-corrected chi connectivity index (χ3v) is 6.41. The number of carboxylic acid groups (broad SMARTS) is 1. The molecule has 1 unspecified atom stereocenters. The molecule has 0 aromatic heterocycles. The van der Waals surface area contributed by atoms with Crippen LogP contribution in [0, 0.1) is 13.8 Å². The molecule has 3 aromatic carbocycles. The largest absolute Gasteiger partial charge is 1.00 e. The second-order valence-electron chi connectivity index (χ2n) is 8.26. The van der Waals surface area contributed by atoms with Gasteiger partial charge >= 0.3 is 24.8 Å². The van der Waals surface area contributed by atoms with Crippen molar-refractivity contribution in [3.63, 3.8) is 0 Å². The Balaban J connectivity index is 0.00000324. The number of carbonyl (C=O) groups excluding carboxylic acids is 1. The molecule has 7 heteroatoms. The fourth-order valence-corrected chi connectivity index (χ4v) is 4.23. The zero-order valence-corrected chi connectivity index (χ0v) is 21.7. The van der Waals surface area contributed by atoms with Crippen LogP contribution in [0.4, 0.5) is 0 Å². The molecule has 0 spiro atoms. The molecule has 2 N–H and O–H groups in total. The minimum atomic E-state index is -1.03. The van der Waals surface area contributed by atoms with Crippen molar-refractivity contribution in [2.45, 2.75) is 39.5 Å². The summed E-state index contributed by atoms with van der Waals surface area (Å²) in [6.07, 6.45) is 2.28. The topological polar surface area (TPSA) is 75.6 Å². The molecule has 0 aliphatic heterocycles. The monoisotopic (exact) mass is 485 g/mol. The second kappa shape index (κ2) is 14.2. The van der Waals surface area contributed by atoms with E-state index in [-0.39, 0.29) is 26.2 Å². The Kier molecular flexibility index (Phi) is 11.6. The van der Waals surface area contributed by atoms with E-state index in [0.29, 0.717) is 31.0 Å². The van der Waals surface area contributed by atoms with Crippen LogP contribution in [0.25, 0.3) is 11.1 Å². The van der Waals surface area contributed by atoms with E-state index in [1.54, 1.807) is 17.8 Å². The number of hydrogen-bond donors (Lipinski definition) is 2. The molecular formula is C28H32LiNO4S. The van der Waals surface area contributed by atoms with E-state index < -0.39 is 12.0 Å². The van der Waals surface area contributed by atoms with Crippen molar-refractivity contribution >= 4 is 23.6 Å². The van der Waals surface area contributed by atoms with Gasteiger partial charge in [-0.1, -0.05) is 54.6 Å². The van der Waals surface area contributed by atoms with Crippen molar-refractivity contribution in [2.24, 2.45) is 0 Å². The predicted octanol–water partition coefficient (Wildman–Crippen LogP) is 2.74. The van der Waals surface area contributed by atoms with Crippen LogP contribution < -0.4 is 24.2 Å². The number of amides is 1. The van der Waals surface area contributed by atoms with Gasteiger partial charge in [0.05, 0.1) is 13.2 Å². The summed E-state index contributed by atoms with van der Waals surface area (Å²) in [7, 11) is 0. The van der Waals surface area contributed by atoms with Crippen molar-refractivity contribution < 1.29 is 39.7 Å². The van der Waals surface area contributed by atoms with Crippen molar-refractivity contribution in [3.05, 3.63) is 94.5 Å². The first-order valence-corrected chi connectivity index (χ1v) is 12.6. The SMILES string of the molecule is CSCCC(NC(=O)c1ccc(COCc2ccccc2C)cc1-c1ccccc1C)C(=O)O.[H-].[Li+]. The molecule has 0 aliphatic rings. The zero-order valence-electron chi connectivity index (χ0n) is 21.8. The van der Waals surface area contributed by atoms with E-state index in [9.17, 15) is 14.7 Å². The average Bonchev–Trinajstić information content (AvgIpc) is 2.83. The summed E-state index contributed by atoms with van der Waals surface area (Å²) in [6.45, 7) is 4.97. The fraction of sp³-hybridized carbons (Fsp3) is 0.286. The van der Waals surface area contributed by atoms with Gasteiger partial charge in [-0.3, -0.25) is 4.79 Å². The molecule has 3 aromatic rings. The summed E-state index contributed by atoms with van der Waals surface area (Å²) in [6, 6.07) is 20.6. The van der Waals surface area contributed by atoms with Gasteiger partial charge in [-0.2, -0.15) is 11.8 Å². The zero-order chi connectivity index (χ0) is 24.5. The maximum absolute atomic E-state index is 13.2. The first kappa shape index (κ1) is 28.7. The van der Waals surface area contributed by atoms with E-state index in [1.165, 1.54) is 5.56 Å². The Hall–Kier alpha value is -2.49. The quantitative estimate of drug-likeness (QED) is 0.409. The van der Waals surface area contributed by atoms with Crippen LogP contribution in [0.1, 0.15) is 40.5 Å². The van der Waals surface area contributed by atoms with Crippen LogP contribution in [-0.4, -0.2) is 35.0 Å².